The molecule has 5 heteroatoms. The first-order valence-corrected chi connectivity index (χ1v) is 6.82. The summed E-state index contributed by atoms with van der Waals surface area (Å²) in [7, 11) is 0. The predicted octanol–water partition coefficient (Wildman–Crippen LogP) is 1.90. The molecule has 0 N–H and O–H groups in total. The minimum absolute atomic E-state index is 0.407. The van der Waals surface area contributed by atoms with Gasteiger partial charge in [0.1, 0.15) is 12.7 Å². The maximum absolute atomic E-state index is 4.22. The molecular weight excluding hydrogens is 238 g/mol. The molecule has 19 heavy (non-hydrogen) atoms. The molecule has 0 aliphatic carbocycles. The van der Waals surface area contributed by atoms with Gasteiger partial charge in [-0.15, -0.1) is 0 Å². The van der Waals surface area contributed by atoms with Gasteiger partial charge in [-0.25, -0.2) is 4.98 Å². The van der Waals surface area contributed by atoms with Crippen molar-refractivity contribution in [3.05, 3.63) is 42.7 Å². The monoisotopic (exact) mass is 257 g/mol. The fraction of sp³-hybridized carbons (Fsp3) is 0.500. The van der Waals surface area contributed by atoms with E-state index in [-0.39, 0.29) is 0 Å². The Kier molecular flexibility index (Phi) is 3.55. The van der Waals surface area contributed by atoms with Crippen LogP contribution in [0, 0.1) is 0 Å². The Labute approximate surface area is 113 Å². The Balaban J connectivity index is 1.72. The van der Waals surface area contributed by atoms with E-state index in [1.807, 2.05) is 23.1 Å². The van der Waals surface area contributed by atoms with Crippen molar-refractivity contribution >= 4 is 0 Å². The summed E-state index contributed by atoms with van der Waals surface area (Å²) in [6.07, 6.45) is 9.67. The van der Waals surface area contributed by atoms with Gasteiger partial charge in [-0.1, -0.05) is 6.07 Å². The summed E-state index contributed by atoms with van der Waals surface area (Å²) in [5.41, 5.74) is 1.29. The van der Waals surface area contributed by atoms with Gasteiger partial charge in [0.2, 0.25) is 0 Å². The van der Waals surface area contributed by atoms with Crippen molar-refractivity contribution in [1.82, 2.24) is 24.6 Å². The van der Waals surface area contributed by atoms with Gasteiger partial charge in [0, 0.05) is 24.5 Å². The van der Waals surface area contributed by atoms with Gasteiger partial charge in [-0.3, -0.25) is 14.6 Å². The molecule has 100 valence electrons. The van der Waals surface area contributed by atoms with Crippen LogP contribution in [0.2, 0.25) is 0 Å². The highest BCUT2D eigenvalue weighted by molar-refractivity contribution is 5.13. The highest BCUT2D eigenvalue weighted by Gasteiger charge is 2.29. The van der Waals surface area contributed by atoms with Crippen molar-refractivity contribution in [3.8, 4) is 0 Å². The zero-order valence-electron chi connectivity index (χ0n) is 11.2. The molecule has 0 bridgehead atoms. The lowest BCUT2D eigenvalue weighted by molar-refractivity contribution is 0.173. The SMILES string of the molecule is CC(c1cccnc1)N1CCCC1Cn1cncn1. The number of pyridine rings is 1. The quantitative estimate of drug-likeness (QED) is 0.839. The molecule has 0 saturated carbocycles. The summed E-state index contributed by atoms with van der Waals surface area (Å²) in [5, 5.41) is 4.21. The van der Waals surface area contributed by atoms with E-state index in [4.69, 9.17) is 0 Å². The first-order valence-electron chi connectivity index (χ1n) is 6.82. The highest BCUT2D eigenvalue weighted by Crippen LogP contribution is 2.29. The molecule has 1 saturated heterocycles. The Morgan fingerprint density at radius 3 is 3.11 bits per heavy atom. The molecular formula is C14H19N5. The van der Waals surface area contributed by atoms with Crippen LogP contribution in [0.3, 0.4) is 0 Å². The lowest BCUT2D eigenvalue weighted by Crippen LogP contribution is -2.35. The van der Waals surface area contributed by atoms with Crippen LogP contribution >= 0.6 is 0 Å². The third kappa shape index (κ3) is 2.66. The van der Waals surface area contributed by atoms with Gasteiger partial charge in [-0.05, 0) is 37.9 Å². The number of aromatic nitrogens is 4. The zero-order valence-corrected chi connectivity index (χ0v) is 11.2. The minimum atomic E-state index is 0.407. The van der Waals surface area contributed by atoms with Crippen LogP contribution in [0.4, 0.5) is 0 Å². The van der Waals surface area contributed by atoms with Gasteiger partial charge < -0.3 is 0 Å². The summed E-state index contributed by atoms with van der Waals surface area (Å²) in [4.78, 5) is 10.8. The van der Waals surface area contributed by atoms with Gasteiger partial charge in [0.25, 0.3) is 0 Å². The molecule has 0 amide bonds. The topological polar surface area (TPSA) is 46.8 Å². The van der Waals surface area contributed by atoms with Crippen molar-refractivity contribution in [2.75, 3.05) is 6.54 Å². The van der Waals surface area contributed by atoms with E-state index in [0.29, 0.717) is 12.1 Å². The smallest absolute Gasteiger partial charge is 0.137 e. The molecule has 2 unspecified atom stereocenters. The standard InChI is InChI=1S/C14H19N5/c1-12(13-4-2-6-15-8-13)19-7-3-5-14(19)9-18-11-16-10-17-18/h2,4,6,8,10-12,14H,3,5,7,9H2,1H3. The fourth-order valence-corrected chi connectivity index (χ4v) is 2.92. The van der Waals surface area contributed by atoms with Gasteiger partial charge in [0.05, 0.1) is 6.54 Å². The van der Waals surface area contributed by atoms with Gasteiger partial charge in [0.15, 0.2) is 0 Å². The largest absolute Gasteiger partial charge is 0.292 e. The van der Waals surface area contributed by atoms with Crippen molar-refractivity contribution in [2.24, 2.45) is 0 Å². The van der Waals surface area contributed by atoms with Crippen LogP contribution in [0.25, 0.3) is 0 Å². The molecule has 1 aliphatic rings. The van der Waals surface area contributed by atoms with E-state index < -0.39 is 0 Å². The number of rotatable bonds is 4. The van der Waals surface area contributed by atoms with Gasteiger partial charge >= 0.3 is 0 Å². The zero-order chi connectivity index (χ0) is 13.1. The molecule has 1 aliphatic heterocycles. The molecule has 0 aromatic carbocycles. The molecule has 3 rings (SSSR count). The fourth-order valence-electron chi connectivity index (χ4n) is 2.92. The average Bonchev–Trinajstić information content (AvgIpc) is 3.11. The maximum Gasteiger partial charge on any atom is 0.137 e. The number of likely N-dealkylation sites (tertiary alicyclic amines) is 1. The van der Waals surface area contributed by atoms with E-state index in [9.17, 15) is 0 Å². The normalized spacial score (nSPS) is 21.6. The van der Waals surface area contributed by atoms with E-state index in [1.54, 1.807) is 12.7 Å². The number of nitrogens with zero attached hydrogens (tertiary/aromatic N) is 5. The molecule has 5 nitrogen and oxygen atoms in total. The van der Waals surface area contributed by atoms with E-state index in [1.165, 1.54) is 18.4 Å². The van der Waals surface area contributed by atoms with Crippen LogP contribution < -0.4 is 0 Å². The lowest BCUT2D eigenvalue weighted by Gasteiger charge is -2.30. The van der Waals surface area contributed by atoms with Crippen molar-refractivity contribution in [3.63, 3.8) is 0 Å². The summed E-state index contributed by atoms with van der Waals surface area (Å²) in [6, 6.07) is 5.11. The van der Waals surface area contributed by atoms with Crippen LogP contribution in [-0.4, -0.2) is 37.2 Å². The Bertz CT molecular complexity index is 496. The second kappa shape index (κ2) is 5.48. The average molecular weight is 257 g/mol. The second-order valence-electron chi connectivity index (χ2n) is 5.11. The van der Waals surface area contributed by atoms with Gasteiger partial charge in [-0.2, -0.15) is 5.10 Å². The second-order valence-corrected chi connectivity index (χ2v) is 5.11. The van der Waals surface area contributed by atoms with E-state index >= 15 is 0 Å². The first kappa shape index (κ1) is 12.3. The molecule has 0 radical (unpaired) electrons. The summed E-state index contributed by atoms with van der Waals surface area (Å²) in [6.45, 7) is 4.33. The predicted molar refractivity (Wildman–Crippen MR) is 72.4 cm³/mol. The summed E-state index contributed by atoms with van der Waals surface area (Å²) in [5.74, 6) is 0. The molecule has 3 heterocycles. The van der Waals surface area contributed by atoms with Crippen LogP contribution in [-0.2, 0) is 6.54 Å². The Morgan fingerprint density at radius 2 is 2.37 bits per heavy atom. The van der Waals surface area contributed by atoms with E-state index in [0.717, 1.165) is 13.1 Å². The lowest BCUT2D eigenvalue weighted by atomic mass is 10.1. The van der Waals surface area contributed by atoms with Crippen molar-refractivity contribution < 1.29 is 0 Å². The highest BCUT2D eigenvalue weighted by atomic mass is 15.3. The van der Waals surface area contributed by atoms with Crippen molar-refractivity contribution in [2.45, 2.75) is 38.4 Å². The van der Waals surface area contributed by atoms with Crippen LogP contribution in [0.5, 0.6) is 0 Å². The molecule has 1 fully saturated rings. The maximum atomic E-state index is 4.22. The molecule has 2 atom stereocenters. The number of hydrogen-bond donors (Lipinski definition) is 0. The van der Waals surface area contributed by atoms with Crippen molar-refractivity contribution in [1.29, 1.82) is 0 Å². The Morgan fingerprint density at radius 1 is 1.42 bits per heavy atom. The first-order chi connectivity index (χ1) is 9.34. The van der Waals surface area contributed by atoms with Crippen LogP contribution in [0.15, 0.2) is 37.2 Å². The third-order valence-corrected chi connectivity index (χ3v) is 3.95. The summed E-state index contributed by atoms with van der Waals surface area (Å²) < 4.78 is 1.93. The molecule has 2 aromatic rings. The van der Waals surface area contributed by atoms with E-state index in [2.05, 4.69) is 33.0 Å². The minimum Gasteiger partial charge on any atom is -0.292 e. The summed E-state index contributed by atoms with van der Waals surface area (Å²) >= 11 is 0. The molecule has 0 spiro atoms. The number of hydrogen-bond acceptors (Lipinski definition) is 4. The molecule has 2 aromatic heterocycles. The third-order valence-electron chi connectivity index (χ3n) is 3.95. The Hall–Kier alpha value is -1.75. The van der Waals surface area contributed by atoms with Crippen LogP contribution in [0.1, 0.15) is 31.4 Å².